The van der Waals surface area contributed by atoms with Crippen LogP contribution in [0.4, 0.5) is 18.9 Å². The van der Waals surface area contributed by atoms with Crippen molar-refractivity contribution < 1.29 is 37.8 Å². The Balaban J connectivity index is 1.35. The number of nitrogens with zero attached hydrogens (tertiary/aromatic N) is 3. The number of non-ortho nitro benzene ring substituents is 1. The number of benzene rings is 3. The number of nitro groups is 1. The normalized spacial score (nSPS) is 16.7. The van der Waals surface area contributed by atoms with Gasteiger partial charge in [-0.1, -0.05) is 49.4 Å². The molecule has 1 aliphatic rings. The summed E-state index contributed by atoms with van der Waals surface area (Å²) < 4.78 is 51.9. The minimum Gasteiger partial charge on any atom is -0.490 e. The second-order valence-electron chi connectivity index (χ2n) is 11.4. The standard InChI is InChI=1S/C33H34F3N3O6/c1-2-27(31(40)41)23-8-11-25(12-9-23)45-26-14-16-37(17-15-26)21-32(42,33(34,35)36)29-20-38(19-22-6-4-3-5-7-22)30-18-24(39(43)44)10-13-28(29)30/h3-13,18,20,26-27,42H,2,14-17,19,21H2,1H3,(H,40,41). The van der Waals surface area contributed by atoms with E-state index in [0.717, 1.165) is 11.6 Å². The third kappa shape index (κ3) is 6.81. The molecule has 1 aliphatic heterocycles. The van der Waals surface area contributed by atoms with Gasteiger partial charge in [0.05, 0.1) is 16.4 Å². The minimum atomic E-state index is -5.04. The topological polar surface area (TPSA) is 118 Å². The number of fused-ring (bicyclic) bond motifs is 1. The van der Waals surface area contributed by atoms with Crippen molar-refractivity contribution in [1.82, 2.24) is 9.47 Å². The SMILES string of the molecule is CCC(C(=O)O)c1ccc(OC2CCN(CC(O)(c3cn(Cc4ccccc4)c4cc([N+](=O)[O-])ccc34)C(F)(F)F)CC2)cc1. The zero-order valence-electron chi connectivity index (χ0n) is 24.6. The number of aliphatic hydroxyl groups is 1. The molecule has 12 heteroatoms. The molecule has 0 bridgehead atoms. The first-order valence-corrected chi connectivity index (χ1v) is 14.7. The van der Waals surface area contributed by atoms with Crippen LogP contribution in [-0.2, 0) is 16.9 Å². The Kier molecular flexibility index (Phi) is 9.17. The molecule has 0 spiro atoms. The quantitative estimate of drug-likeness (QED) is 0.145. The van der Waals surface area contributed by atoms with Gasteiger partial charge >= 0.3 is 12.1 Å². The molecule has 4 aromatic rings. The molecule has 1 saturated heterocycles. The number of hydrogen-bond acceptors (Lipinski definition) is 6. The molecule has 9 nitrogen and oxygen atoms in total. The second-order valence-corrected chi connectivity index (χ2v) is 11.4. The van der Waals surface area contributed by atoms with E-state index in [4.69, 9.17) is 4.74 Å². The van der Waals surface area contributed by atoms with Crippen molar-refractivity contribution in [3.63, 3.8) is 0 Å². The van der Waals surface area contributed by atoms with Crippen LogP contribution in [0.15, 0.2) is 79.0 Å². The van der Waals surface area contributed by atoms with Gasteiger partial charge in [0.1, 0.15) is 11.9 Å². The van der Waals surface area contributed by atoms with Gasteiger partial charge in [0.15, 0.2) is 0 Å². The van der Waals surface area contributed by atoms with Gasteiger partial charge in [0, 0.05) is 55.5 Å². The molecule has 238 valence electrons. The van der Waals surface area contributed by atoms with E-state index in [1.165, 1.54) is 22.9 Å². The van der Waals surface area contributed by atoms with Crippen LogP contribution < -0.4 is 4.74 Å². The number of piperidine rings is 1. The molecule has 2 heterocycles. The summed E-state index contributed by atoms with van der Waals surface area (Å²) in [5.41, 5.74) is -2.20. The fourth-order valence-electron chi connectivity index (χ4n) is 5.99. The smallest absolute Gasteiger partial charge is 0.422 e. The zero-order chi connectivity index (χ0) is 32.4. The highest BCUT2D eigenvalue weighted by molar-refractivity contribution is 5.87. The van der Waals surface area contributed by atoms with Gasteiger partial charge in [0.2, 0.25) is 5.60 Å². The highest BCUT2D eigenvalue weighted by Crippen LogP contribution is 2.44. The van der Waals surface area contributed by atoms with Crippen molar-refractivity contribution >= 4 is 22.6 Å². The number of aromatic nitrogens is 1. The first-order valence-electron chi connectivity index (χ1n) is 14.7. The van der Waals surface area contributed by atoms with Gasteiger partial charge in [-0.2, -0.15) is 13.2 Å². The predicted octanol–water partition coefficient (Wildman–Crippen LogP) is 6.47. The molecule has 2 N–H and O–H groups in total. The maximum absolute atomic E-state index is 14.8. The number of β-amino-alcohol motifs (C(OH)–C–C–N with tert-alkyl or cyclic N) is 1. The number of carboxylic acid groups (broad SMARTS) is 1. The molecule has 2 unspecified atom stereocenters. The Bertz CT molecular complexity index is 1650. The third-order valence-electron chi connectivity index (χ3n) is 8.47. The summed E-state index contributed by atoms with van der Waals surface area (Å²) in [5, 5.41) is 32.4. The monoisotopic (exact) mass is 625 g/mol. The molecule has 0 saturated carbocycles. The maximum atomic E-state index is 14.8. The van der Waals surface area contributed by atoms with E-state index in [-0.39, 0.29) is 47.9 Å². The van der Waals surface area contributed by atoms with E-state index in [9.17, 15) is 38.3 Å². The van der Waals surface area contributed by atoms with Crippen molar-refractivity contribution in [2.45, 2.75) is 56.5 Å². The molecular weight excluding hydrogens is 591 g/mol. The highest BCUT2D eigenvalue weighted by atomic mass is 19.4. The predicted molar refractivity (Wildman–Crippen MR) is 161 cm³/mol. The van der Waals surface area contributed by atoms with Gasteiger partial charge in [-0.05, 0) is 48.6 Å². The Morgan fingerprint density at radius 1 is 1.07 bits per heavy atom. The number of alkyl halides is 3. The molecule has 1 fully saturated rings. The first kappa shape index (κ1) is 32.0. The van der Waals surface area contributed by atoms with Crippen molar-refractivity contribution in [2.75, 3.05) is 19.6 Å². The number of halogens is 3. The fraction of sp³-hybridized carbons (Fsp3) is 0.364. The van der Waals surface area contributed by atoms with Crippen molar-refractivity contribution in [3.05, 3.63) is 106 Å². The van der Waals surface area contributed by atoms with E-state index in [1.807, 2.05) is 6.07 Å². The first-order chi connectivity index (χ1) is 21.4. The van der Waals surface area contributed by atoms with Crippen LogP contribution in [0, 0.1) is 10.1 Å². The van der Waals surface area contributed by atoms with Gasteiger partial charge in [-0.25, -0.2) is 0 Å². The molecule has 5 rings (SSSR count). The van der Waals surface area contributed by atoms with E-state index in [0.29, 0.717) is 30.6 Å². The Hall–Kier alpha value is -4.42. The lowest BCUT2D eigenvalue weighted by atomic mass is 9.91. The van der Waals surface area contributed by atoms with Gasteiger partial charge in [0.25, 0.3) is 5.69 Å². The lowest BCUT2D eigenvalue weighted by Crippen LogP contribution is -2.53. The molecule has 0 amide bonds. The summed E-state index contributed by atoms with van der Waals surface area (Å²) in [7, 11) is 0. The number of nitro benzene ring substituents is 1. The van der Waals surface area contributed by atoms with Crippen LogP contribution in [0.25, 0.3) is 10.9 Å². The summed E-state index contributed by atoms with van der Waals surface area (Å²) in [5.74, 6) is -0.971. The largest absolute Gasteiger partial charge is 0.490 e. The Labute approximate surface area is 257 Å². The Morgan fingerprint density at radius 2 is 1.73 bits per heavy atom. The van der Waals surface area contributed by atoms with Crippen LogP contribution in [0.2, 0.25) is 0 Å². The van der Waals surface area contributed by atoms with E-state index >= 15 is 0 Å². The van der Waals surface area contributed by atoms with E-state index < -0.39 is 35.1 Å². The number of likely N-dealkylation sites (tertiary alicyclic amines) is 1. The number of carboxylic acids is 1. The molecule has 1 aromatic heterocycles. The fourth-order valence-corrected chi connectivity index (χ4v) is 5.99. The number of aliphatic carboxylic acids is 1. The number of ether oxygens (including phenoxy) is 1. The summed E-state index contributed by atoms with van der Waals surface area (Å²) in [6.07, 6.45) is -2.76. The van der Waals surface area contributed by atoms with Gasteiger partial charge in [-0.15, -0.1) is 0 Å². The molecule has 3 aromatic carbocycles. The summed E-state index contributed by atoms with van der Waals surface area (Å²) >= 11 is 0. The lowest BCUT2D eigenvalue weighted by molar-refractivity contribution is -0.384. The number of hydrogen-bond donors (Lipinski definition) is 2. The van der Waals surface area contributed by atoms with Crippen LogP contribution in [0.3, 0.4) is 0 Å². The minimum absolute atomic E-state index is 0.0891. The highest BCUT2D eigenvalue weighted by Gasteiger charge is 2.57. The van der Waals surface area contributed by atoms with Crippen LogP contribution in [-0.4, -0.2) is 62.5 Å². The zero-order valence-corrected chi connectivity index (χ0v) is 24.6. The molecule has 0 radical (unpaired) electrons. The van der Waals surface area contributed by atoms with Crippen LogP contribution in [0.5, 0.6) is 5.75 Å². The molecule has 45 heavy (non-hydrogen) atoms. The maximum Gasteiger partial charge on any atom is 0.422 e. The van der Waals surface area contributed by atoms with E-state index in [2.05, 4.69) is 0 Å². The van der Waals surface area contributed by atoms with Crippen molar-refractivity contribution in [2.24, 2.45) is 0 Å². The summed E-state index contributed by atoms with van der Waals surface area (Å²) in [6, 6.07) is 19.5. The van der Waals surface area contributed by atoms with Crippen molar-refractivity contribution in [1.29, 1.82) is 0 Å². The molecule has 2 atom stereocenters. The molecular formula is C33H34F3N3O6. The van der Waals surface area contributed by atoms with Crippen LogP contribution in [0.1, 0.15) is 48.8 Å². The second kappa shape index (κ2) is 12.9. The average molecular weight is 626 g/mol. The van der Waals surface area contributed by atoms with Crippen molar-refractivity contribution in [3.8, 4) is 5.75 Å². The summed E-state index contributed by atoms with van der Waals surface area (Å²) in [6.45, 7) is 1.72. The summed E-state index contributed by atoms with van der Waals surface area (Å²) in [4.78, 5) is 23.9. The van der Waals surface area contributed by atoms with Gasteiger partial charge in [-0.3, -0.25) is 19.8 Å². The number of carbonyl (C=O) groups is 1. The third-order valence-corrected chi connectivity index (χ3v) is 8.47. The average Bonchev–Trinajstić information content (AvgIpc) is 3.37. The number of rotatable bonds is 11. The van der Waals surface area contributed by atoms with Crippen LogP contribution >= 0.6 is 0 Å². The lowest BCUT2D eigenvalue weighted by Gasteiger charge is -2.39. The van der Waals surface area contributed by atoms with Gasteiger partial charge < -0.3 is 19.5 Å². The Morgan fingerprint density at radius 3 is 2.31 bits per heavy atom. The molecule has 0 aliphatic carbocycles. The van der Waals surface area contributed by atoms with E-state index in [1.54, 1.807) is 60.4 Å².